The summed E-state index contributed by atoms with van der Waals surface area (Å²) in [5, 5.41) is 7.09. The molecular weight excluding hydrogens is 1060 g/mol. The smallest absolute Gasteiger partial charge is 0.145 e. The van der Waals surface area contributed by atoms with E-state index in [4.69, 9.17) is 4.42 Å². The third-order valence-corrected chi connectivity index (χ3v) is 19.8. The second-order valence-electron chi connectivity index (χ2n) is 25.6. The van der Waals surface area contributed by atoms with Gasteiger partial charge < -0.3 is 13.6 Å². The Kier molecular flexibility index (Phi) is 14.8. The van der Waals surface area contributed by atoms with E-state index in [1.165, 1.54) is 182 Å². The number of hydrogen-bond acceptors (Lipinski definition) is 1. The molecule has 3 aromatic heterocycles. The average Bonchev–Trinajstić information content (AvgIpc) is 1.60. The van der Waals surface area contributed by atoms with Gasteiger partial charge in [0.2, 0.25) is 0 Å². The molecule has 3 nitrogen and oxygen atoms in total. The highest BCUT2D eigenvalue weighted by Crippen LogP contribution is 2.56. The number of furan rings is 1. The first kappa shape index (κ1) is 55.4. The van der Waals surface area contributed by atoms with Gasteiger partial charge in [-0.05, 0) is 184 Å². The van der Waals surface area contributed by atoms with Crippen molar-refractivity contribution in [1.82, 2.24) is 9.13 Å². The first-order valence-electron chi connectivity index (χ1n) is 32.9. The fourth-order valence-corrected chi connectivity index (χ4v) is 15.3. The lowest BCUT2D eigenvalue weighted by molar-refractivity contribution is 0.398. The molecule has 0 atom stereocenters. The van der Waals surface area contributed by atoms with E-state index < -0.39 is 0 Å². The number of rotatable bonds is 20. The van der Waals surface area contributed by atoms with Crippen molar-refractivity contribution in [3.63, 3.8) is 0 Å². The molecule has 434 valence electrons. The van der Waals surface area contributed by atoms with Gasteiger partial charge in [-0.1, -0.05) is 242 Å². The molecule has 0 saturated carbocycles. The zero-order valence-corrected chi connectivity index (χ0v) is 51.6. The summed E-state index contributed by atoms with van der Waals surface area (Å²) in [4.78, 5) is 0. The minimum absolute atomic E-state index is 0.0906. The van der Waals surface area contributed by atoms with E-state index in [0.717, 1.165) is 62.6 Å². The summed E-state index contributed by atoms with van der Waals surface area (Å²) in [5.74, 6) is 0. The molecule has 14 aromatic rings. The Morgan fingerprint density at radius 2 is 0.807 bits per heavy atom. The standard InChI is InChI=1S/C85H78N2O/c1-5-7-9-11-13-22-48-85(49-23-14-12-10-8-6-2)76-55-64(61-36-34-60(35-37-61)59-32-30-57(3)31-33-59)38-42-69(76)70-43-39-65(56-77(70)85)66-50-58(4)51-68(52-66)87-80-46-41-63(54-75(80)83-81(87)47-44-73-72-27-19-21-29-82(72)88-84(73)83)62-40-45-79-74(53-62)71-26-18-20-28-78(71)86(79)67-24-16-15-17-25-67/h15-21,24-47,50-56H,5-14,22-23,48-49H2,1-4H3. The summed E-state index contributed by atoms with van der Waals surface area (Å²) in [6.45, 7) is 9.10. The highest BCUT2D eigenvalue weighted by Gasteiger charge is 2.43. The average molecular weight is 1140 g/mol. The molecule has 3 heteroatoms. The first-order valence-corrected chi connectivity index (χ1v) is 32.9. The predicted molar refractivity (Wildman–Crippen MR) is 376 cm³/mol. The summed E-state index contributed by atoms with van der Waals surface area (Å²) in [5.41, 5.74) is 27.2. The van der Waals surface area contributed by atoms with Crippen LogP contribution in [0.4, 0.5) is 0 Å². The van der Waals surface area contributed by atoms with E-state index in [1.54, 1.807) is 0 Å². The number of para-hydroxylation sites is 3. The van der Waals surface area contributed by atoms with Crippen LogP contribution >= 0.6 is 0 Å². The number of benzene rings is 11. The summed E-state index contributed by atoms with van der Waals surface area (Å²) in [7, 11) is 0. The van der Waals surface area contributed by atoms with Crippen molar-refractivity contribution in [1.29, 1.82) is 0 Å². The molecule has 0 N–H and O–H groups in total. The summed E-state index contributed by atoms with van der Waals surface area (Å²) in [6, 6.07) is 87.4. The van der Waals surface area contributed by atoms with Crippen LogP contribution in [0.5, 0.6) is 0 Å². The van der Waals surface area contributed by atoms with Crippen molar-refractivity contribution in [2.75, 3.05) is 0 Å². The van der Waals surface area contributed by atoms with Crippen LogP contribution in [0.25, 0.3) is 133 Å². The second kappa shape index (κ2) is 23.5. The number of aromatic nitrogens is 2. The molecular formula is C85H78N2O. The van der Waals surface area contributed by atoms with Gasteiger partial charge >= 0.3 is 0 Å². The molecule has 0 unspecified atom stereocenters. The lowest BCUT2D eigenvalue weighted by atomic mass is 9.70. The molecule has 0 aliphatic heterocycles. The maximum absolute atomic E-state index is 6.97. The molecule has 15 rings (SSSR count). The molecule has 3 heterocycles. The Morgan fingerprint density at radius 3 is 1.48 bits per heavy atom. The van der Waals surface area contributed by atoms with Crippen LogP contribution in [0, 0.1) is 13.8 Å². The van der Waals surface area contributed by atoms with Gasteiger partial charge in [0.05, 0.1) is 27.5 Å². The Bertz CT molecular complexity index is 4880. The van der Waals surface area contributed by atoms with Gasteiger partial charge in [0.25, 0.3) is 0 Å². The summed E-state index contributed by atoms with van der Waals surface area (Å²) < 4.78 is 11.9. The molecule has 0 spiro atoms. The van der Waals surface area contributed by atoms with E-state index in [2.05, 4.69) is 267 Å². The molecule has 11 aromatic carbocycles. The van der Waals surface area contributed by atoms with Gasteiger partial charge in [-0.3, -0.25) is 0 Å². The van der Waals surface area contributed by atoms with E-state index in [0.29, 0.717) is 0 Å². The normalized spacial score (nSPS) is 12.8. The third-order valence-electron chi connectivity index (χ3n) is 19.8. The van der Waals surface area contributed by atoms with E-state index in [9.17, 15) is 0 Å². The Labute approximate surface area is 518 Å². The van der Waals surface area contributed by atoms with Crippen molar-refractivity contribution in [2.45, 2.75) is 123 Å². The number of nitrogens with zero attached hydrogens (tertiary/aromatic N) is 2. The zero-order valence-electron chi connectivity index (χ0n) is 51.6. The first-order chi connectivity index (χ1) is 43.3. The molecule has 1 aliphatic rings. The topological polar surface area (TPSA) is 23.0 Å². The van der Waals surface area contributed by atoms with Crippen molar-refractivity contribution < 1.29 is 4.42 Å². The largest absolute Gasteiger partial charge is 0.455 e. The zero-order chi connectivity index (χ0) is 59.3. The molecule has 0 bridgehead atoms. The minimum atomic E-state index is -0.0906. The molecule has 0 fully saturated rings. The molecule has 0 radical (unpaired) electrons. The van der Waals surface area contributed by atoms with E-state index >= 15 is 0 Å². The number of hydrogen-bond donors (Lipinski definition) is 0. The van der Waals surface area contributed by atoms with Crippen LogP contribution in [0.15, 0.2) is 235 Å². The summed E-state index contributed by atoms with van der Waals surface area (Å²) >= 11 is 0. The van der Waals surface area contributed by atoms with Crippen LogP contribution in [0.1, 0.15) is 126 Å². The van der Waals surface area contributed by atoms with Crippen LogP contribution in [-0.2, 0) is 5.41 Å². The van der Waals surface area contributed by atoms with Crippen LogP contribution in [-0.4, -0.2) is 9.13 Å². The minimum Gasteiger partial charge on any atom is -0.455 e. The lowest BCUT2D eigenvalue weighted by Crippen LogP contribution is -2.25. The Hall–Kier alpha value is -9.18. The highest BCUT2D eigenvalue weighted by atomic mass is 16.3. The van der Waals surface area contributed by atoms with Gasteiger partial charge in [-0.25, -0.2) is 0 Å². The highest BCUT2D eigenvalue weighted by molar-refractivity contribution is 6.24. The Balaban J connectivity index is 0.859. The number of unbranched alkanes of at least 4 members (excludes halogenated alkanes) is 10. The number of fused-ring (bicyclic) bond motifs is 13. The third kappa shape index (κ3) is 9.84. The van der Waals surface area contributed by atoms with Gasteiger partial charge in [-0.2, -0.15) is 0 Å². The molecule has 88 heavy (non-hydrogen) atoms. The molecule has 1 aliphatic carbocycles. The van der Waals surface area contributed by atoms with Crippen molar-refractivity contribution >= 4 is 65.6 Å². The van der Waals surface area contributed by atoms with Crippen molar-refractivity contribution in [2.24, 2.45) is 0 Å². The van der Waals surface area contributed by atoms with E-state index in [1.807, 2.05) is 0 Å². The van der Waals surface area contributed by atoms with Gasteiger partial charge in [0.15, 0.2) is 0 Å². The fraction of sp³-hybridized carbons (Fsp3) is 0.224. The van der Waals surface area contributed by atoms with Crippen LogP contribution in [0.3, 0.4) is 0 Å². The quantitative estimate of drug-likeness (QED) is 0.0698. The second-order valence-corrected chi connectivity index (χ2v) is 25.6. The van der Waals surface area contributed by atoms with Gasteiger partial charge in [-0.15, -0.1) is 0 Å². The van der Waals surface area contributed by atoms with Crippen molar-refractivity contribution in [3.05, 3.63) is 253 Å². The number of aryl methyl sites for hydroxylation is 2. The molecule has 0 saturated heterocycles. The molecule has 0 amide bonds. The van der Waals surface area contributed by atoms with E-state index in [-0.39, 0.29) is 5.41 Å². The van der Waals surface area contributed by atoms with Crippen LogP contribution in [0.2, 0.25) is 0 Å². The Morgan fingerprint density at radius 1 is 0.318 bits per heavy atom. The lowest BCUT2D eigenvalue weighted by Gasteiger charge is -2.33. The SMILES string of the molecule is CCCCCCCCC1(CCCCCCCC)c2cc(-c3ccc(-c4ccc(C)cc4)cc3)ccc2-c2ccc(-c3cc(C)cc(-n4c5ccc(-c6ccc7c(c6)c6ccccc6n7-c6ccccc6)cc5c5c6oc7ccccc7c6ccc54)c3)cc21. The van der Waals surface area contributed by atoms with Gasteiger partial charge in [0, 0.05) is 43.7 Å². The predicted octanol–water partition coefficient (Wildman–Crippen LogP) is 24.8. The monoisotopic (exact) mass is 1140 g/mol. The summed E-state index contributed by atoms with van der Waals surface area (Å²) in [6.07, 6.45) is 17.8. The fourth-order valence-electron chi connectivity index (χ4n) is 15.3. The van der Waals surface area contributed by atoms with Gasteiger partial charge in [0.1, 0.15) is 11.2 Å². The van der Waals surface area contributed by atoms with Crippen LogP contribution < -0.4 is 0 Å². The maximum atomic E-state index is 6.97. The maximum Gasteiger partial charge on any atom is 0.145 e. The van der Waals surface area contributed by atoms with Crippen molar-refractivity contribution in [3.8, 4) is 67.0 Å².